The standard InChI is InChI=1S/C25H30N4O4/c1-25(2,31)24(30)29-6-4-15-8-16(9-18(20(15)13-29)21-14-33-7-5-26-21)17-10-19-22(32-3)12-28-23(19)27-11-17/h8-12,21,26,31H,4-7,13-14H2,1-3H3,(H,27,28)/t21-/m0/s1. The van der Waals surface area contributed by atoms with E-state index in [1.807, 2.05) is 12.4 Å². The first kappa shape index (κ1) is 21.9. The maximum atomic E-state index is 12.8. The molecule has 1 aromatic carbocycles. The van der Waals surface area contributed by atoms with E-state index in [2.05, 4.69) is 33.5 Å². The molecule has 1 saturated heterocycles. The van der Waals surface area contributed by atoms with Crippen LogP contribution in [0.4, 0.5) is 0 Å². The molecule has 174 valence electrons. The van der Waals surface area contributed by atoms with Gasteiger partial charge in [-0.1, -0.05) is 6.07 Å². The van der Waals surface area contributed by atoms with Crippen LogP contribution in [0.5, 0.6) is 5.75 Å². The molecule has 2 aliphatic rings. The summed E-state index contributed by atoms with van der Waals surface area (Å²) in [5, 5.41) is 14.8. The van der Waals surface area contributed by atoms with Gasteiger partial charge in [-0.2, -0.15) is 0 Å². The Bertz CT molecular complexity index is 1190. The van der Waals surface area contributed by atoms with Gasteiger partial charge >= 0.3 is 0 Å². The lowest BCUT2D eigenvalue weighted by atomic mass is 9.87. The molecule has 0 spiro atoms. The minimum Gasteiger partial charge on any atom is -0.494 e. The summed E-state index contributed by atoms with van der Waals surface area (Å²) in [6.07, 6.45) is 4.42. The van der Waals surface area contributed by atoms with Crippen molar-refractivity contribution in [1.29, 1.82) is 0 Å². The number of ether oxygens (including phenoxy) is 2. The van der Waals surface area contributed by atoms with E-state index in [1.165, 1.54) is 5.56 Å². The first-order valence-electron chi connectivity index (χ1n) is 11.3. The Labute approximate surface area is 192 Å². The third-order valence-corrected chi connectivity index (χ3v) is 6.53. The fraction of sp³-hybridized carbons (Fsp3) is 0.440. The molecular weight excluding hydrogens is 420 g/mol. The first-order valence-corrected chi connectivity index (χ1v) is 11.3. The number of pyridine rings is 1. The number of fused-ring (bicyclic) bond motifs is 2. The Hall–Kier alpha value is -2.94. The molecule has 1 atom stereocenters. The number of rotatable bonds is 4. The van der Waals surface area contributed by atoms with Crippen LogP contribution in [0.3, 0.4) is 0 Å². The molecule has 33 heavy (non-hydrogen) atoms. The Morgan fingerprint density at radius 1 is 1.30 bits per heavy atom. The number of methoxy groups -OCH3 is 1. The Morgan fingerprint density at radius 3 is 2.88 bits per heavy atom. The third-order valence-electron chi connectivity index (χ3n) is 6.53. The van der Waals surface area contributed by atoms with Gasteiger partial charge in [-0.3, -0.25) is 4.79 Å². The molecule has 2 aromatic heterocycles. The molecule has 0 radical (unpaired) electrons. The average molecular weight is 451 g/mol. The number of morpholine rings is 1. The fourth-order valence-electron chi connectivity index (χ4n) is 4.81. The number of hydrogen-bond acceptors (Lipinski definition) is 6. The molecule has 8 heteroatoms. The number of nitrogens with one attached hydrogen (secondary N) is 2. The van der Waals surface area contributed by atoms with Gasteiger partial charge in [0.25, 0.3) is 5.91 Å². The summed E-state index contributed by atoms with van der Waals surface area (Å²) in [7, 11) is 1.65. The SMILES string of the molecule is COc1c[nH]c2ncc(-c3cc4c(c([C@@H]5COCCN5)c3)CN(C(=O)C(C)(C)O)CC4)cc12. The van der Waals surface area contributed by atoms with Crippen molar-refractivity contribution in [3.05, 3.63) is 47.3 Å². The maximum Gasteiger partial charge on any atom is 0.254 e. The molecule has 0 aliphatic carbocycles. The van der Waals surface area contributed by atoms with Crippen LogP contribution in [-0.4, -0.2) is 64.9 Å². The minimum atomic E-state index is -1.39. The van der Waals surface area contributed by atoms with E-state index in [0.29, 0.717) is 26.3 Å². The van der Waals surface area contributed by atoms with Crippen LogP contribution in [0.15, 0.2) is 30.6 Å². The number of carbonyl (C=O) groups is 1. The van der Waals surface area contributed by atoms with E-state index in [9.17, 15) is 9.90 Å². The number of nitrogens with zero attached hydrogens (tertiary/aromatic N) is 2. The van der Waals surface area contributed by atoms with Crippen LogP contribution in [0.25, 0.3) is 22.2 Å². The number of aliphatic hydroxyl groups is 1. The smallest absolute Gasteiger partial charge is 0.254 e. The molecule has 0 unspecified atom stereocenters. The summed E-state index contributed by atoms with van der Waals surface area (Å²) in [6.45, 7) is 6.20. The molecule has 4 heterocycles. The van der Waals surface area contributed by atoms with E-state index in [-0.39, 0.29) is 11.9 Å². The number of hydrogen-bond donors (Lipinski definition) is 3. The molecule has 3 aromatic rings. The highest BCUT2D eigenvalue weighted by molar-refractivity contribution is 5.87. The summed E-state index contributed by atoms with van der Waals surface area (Å²) >= 11 is 0. The normalized spacial score (nSPS) is 18.9. The lowest BCUT2D eigenvalue weighted by Crippen LogP contribution is -2.47. The van der Waals surface area contributed by atoms with Gasteiger partial charge < -0.3 is 29.8 Å². The van der Waals surface area contributed by atoms with Crippen molar-refractivity contribution in [3.63, 3.8) is 0 Å². The van der Waals surface area contributed by atoms with Gasteiger partial charge in [-0.25, -0.2) is 4.98 Å². The quantitative estimate of drug-likeness (QED) is 0.565. The van der Waals surface area contributed by atoms with Gasteiger partial charge in [0.05, 0.1) is 31.8 Å². The summed E-state index contributed by atoms with van der Waals surface area (Å²) in [5.74, 6) is 0.519. The molecule has 0 bridgehead atoms. The number of amides is 1. The second-order valence-corrected chi connectivity index (χ2v) is 9.30. The largest absolute Gasteiger partial charge is 0.494 e. The van der Waals surface area contributed by atoms with Gasteiger partial charge in [0, 0.05) is 37.6 Å². The first-order chi connectivity index (χ1) is 15.8. The van der Waals surface area contributed by atoms with Crippen LogP contribution in [0.1, 0.15) is 36.6 Å². The lowest BCUT2D eigenvalue weighted by Gasteiger charge is -2.36. The minimum absolute atomic E-state index is 0.0446. The molecule has 5 rings (SSSR count). The van der Waals surface area contributed by atoms with Gasteiger partial charge in [-0.05, 0) is 54.7 Å². The monoisotopic (exact) mass is 450 g/mol. The average Bonchev–Trinajstić information content (AvgIpc) is 3.25. The molecule has 3 N–H and O–H groups in total. The summed E-state index contributed by atoms with van der Waals surface area (Å²) in [5.41, 5.74) is 4.98. The van der Waals surface area contributed by atoms with Crippen molar-refractivity contribution >= 4 is 16.9 Å². The predicted octanol–water partition coefficient (Wildman–Crippen LogP) is 2.56. The zero-order valence-corrected chi connectivity index (χ0v) is 19.3. The molecular formula is C25H30N4O4. The number of carbonyl (C=O) groups excluding carboxylic acids is 1. The van der Waals surface area contributed by atoms with Crippen LogP contribution >= 0.6 is 0 Å². The van der Waals surface area contributed by atoms with E-state index in [1.54, 1.807) is 25.9 Å². The van der Waals surface area contributed by atoms with E-state index < -0.39 is 5.60 Å². The summed E-state index contributed by atoms with van der Waals surface area (Å²) < 4.78 is 11.2. The van der Waals surface area contributed by atoms with Gasteiger partial charge in [0.2, 0.25) is 0 Å². The third kappa shape index (κ3) is 4.10. The highest BCUT2D eigenvalue weighted by Crippen LogP contribution is 2.35. The van der Waals surface area contributed by atoms with Crippen molar-refractivity contribution in [2.45, 2.75) is 38.5 Å². The summed E-state index contributed by atoms with van der Waals surface area (Å²) in [6, 6.07) is 6.53. The van der Waals surface area contributed by atoms with Crippen molar-refractivity contribution in [3.8, 4) is 16.9 Å². The topological polar surface area (TPSA) is 99.7 Å². The van der Waals surface area contributed by atoms with Crippen LogP contribution < -0.4 is 10.1 Å². The summed E-state index contributed by atoms with van der Waals surface area (Å²) in [4.78, 5) is 22.3. The molecule has 8 nitrogen and oxygen atoms in total. The van der Waals surface area contributed by atoms with E-state index in [0.717, 1.165) is 52.0 Å². The fourth-order valence-corrected chi connectivity index (χ4v) is 4.81. The van der Waals surface area contributed by atoms with Gasteiger partial charge in [0.15, 0.2) is 0 Å². The van der Waals surface area contributed by atoms with Crippen molar-refractivity contribution in [2.24, 2.45) is 0 Å². The Morgan fingerprint density at radius 2 is 2.15 bits per heavy atom. The number of aromatic amines is 1. The van der Waals surface area contributed by atoms with Gasteiger partial charge in [0.1, 0.15) is 17.0 Å². The second kappa shape index (κ2) is 8.44. The highest BCUT2D eigenvalue weighted by Gasteiger charge is 2.33. The van der Waals surface area contributed by atoms with Crippen LogP contribution in [-0.2, 0) is 22.5 Å². The van der Waals surface area contributed by atoms with Crippen LogP contribution in [0, 0.1) is 0 Å². The van der Waals surface area contributed by atoms with Crippen molar-refractivity contribution in [1.82, 2.24) is 20.2 Å². The van der Waals surface area contributed by atoms with Crippen molar-refractivity contribution < 1.29 is 19.4 Å². The molecule has 1 amide bonds. The van der Waals surface area contributed by atoms with Gasteiger partial charge in [-0.15, -0.1) is 0 Å². The number of aromatic nitrogens is 2. The number of H-pyrrole nitrogens is 1. The highest BCUT2D eigenvalue weighted by atomic mass is 16.5. The molecule has 0 saturated carbocycles. The van der Waals surface area contributed by atoms with Crippen LogP contribution in [0.2, 0.25) is 0 Å². The Balaban J connectivity index is 1.58. The predicted molar refractivity (Wildman–Crippen MR) is 125 cm³/mol. The zero-order valence-electron chi connectivity index (χ0n) is 19.3. The van der Waals surface area contributed by atoms with E-state index >= 15 is 0 Å². The second-order valence-electron chi connectivity index (χ2n) is 9.30. The molecule has 2 aliphatic heterocycles. The number of benzene rings is 1. The molecule has 1 fully saturated rings. The lowest BCUT2D eigenvalue weighted by molar-refractivity contribution is -0.148. The van der Waals surface area contributed by atoms with E-state index in [4.69, 9.17) is 9.47 Å². The zero-order chi connectivity index (χ0) is 23.2. The van der Waals surface area contributed by atoms with Crippen molar-refractivity contribution in [2.75, 3.05) is 33.4 Å². The maximum absolute atomic E-state index is 12.8. The Kier molecular flexibility index (Phi) is 5.60.